The Labute approximate surface area is 278 Å². The highest BCUT2D eigenvalue weighted by atomic mass is 15.0. The van der Waals surface area contributed by atoms with Crippen LogP contribution in [0.15, 0.2) is 152 Å². The first-order chi connectivity index (χ1) is 23.7. The largest absolute Gasteiger partial charge is 0.309 e. The van der Waals surface area contributed by atoms with E-state index in [4.69, 9.17) is 6.57 Å². The molecule has 2 aliphatic rings. The maximum Gasteiger partial charge on any atom is 0.187 e. The van der Waals surface area contributed by atoms with Gasteiger partial charge >= 0.3 is 0 Å². The van der Waals surface area contributed by atoms with Gasteiger partial charge in [0.2, 0.25) is 0 Å². The molecule has 1 unspecified atom stereocenters. The molecule has 1 aliphatic carbocycles. The summed E-state index contributed by atoms with van der Waals surface area (Å²) in [5, 5.41) is 12.2. The summed E-state index contributed by atoms with van der Waals surface area (Å²) in [6.07, 6.45) is 0. The molecule has 0 fully saturated rings. The van der Waals surface area contributed by atoms with Crippen LogP contribution in [0.4, 0.5) is 5.69 Å². The van der Waals surface area contributed by atoms with Gasteiger partial charge in [0, 0.05) is 10.8 Å². The molecule has 3 nitrogen and oxygen atoms in total. The van der Waals surface area contributed by atoms with Crippen molar-refractivity contribution in [3.05, 3.63) is 191 Å². The van der Waals surface area contributed by atoms with Crippen molar-refractivity contribution in [1.29, 1.82) is 5.26 Å². The van der Waals surface area contributed by atoms with Crippen LogP contribution < -0.4 is 0 Å². The molecule has 220 valence electrons. The van der Waals surface area contributed by atoms with Gasteiger partial charge in [-0.1, -0.05) is 109 Å². The zero-order valence-corrected chi connectivity index (χ0v) is 25.8. The lowest BCUT2D eigenvalue weighted by molar-refractivity contribution is 0.749. The zero-order chi connectivity index (χ0) is 32.0. The van der Waals surface area contributed by atoms with Crippen LogP contribution in [0.2, 0.25) is 0 Å². The van der Waals surface area contributed by atoms with Crippen LogP contribution in [0.3, 0.4) is 0 Å². The van der Waals surface area contributed by atoms with Gasteiger partial charge in [-0.05, 0) is 98.1 Å². The number of hydrogen-bond donors (Lipinski definition) is 0. The number of hydrogen-bond acceptors (Lipinski definition) is 1. The van der Waals surface area contributed by atoms with Crippen molar-refractivity contribution in [3.8, 4) is 45.1 Å². The molecule has 3 heteroatoms. The van der Waals surface area contributed by atoms with Crippen LogP contribution in [0.5, 0.6) is 0 Å². The minimum atomic E-state index is -0.610. The number of nitriles is 1. The van der Waals surface area contributed by atoms with Gasteiger partial charge in [-0.15, -0.1) is 0 Å². The number of fused-ring (bicyclic) bond motifs is 12. The maximum atomic E-state index is 9.71. The molecule has 10 rings (SSSR count). The topological polar surface area (TPSA) is 33.1 Å². The molecule has 8 aromatic rings. The van der Waals surface area contributed by atoms with Gasteiger partial charge in [0.1, 0.15) is 0 Å². The Morgan fingerprint density at radius 2 is 1.17 bits per heavy atom. The van der Waals surface area contributed by atoms with Crippen molar-refractivity contribution in [2.75, 3.05) is 0 Å². The van der Waals surface area contributed by atoms with Crippen molar-refractivity contribution in [2.45, 2.75) is 5.41 Å². The summed E-state index contributed by atoms with van der Waals surface area (Å²) in [5.74, 6) is 0. The Morgan fingerprint density at radius 1 is 0.542 bits per heavy atom. The van der Waals surface area contributed by atoms with E-state index in [1.807, 2.05) is 36.4 Å². The summed E-state index contributed by atoms with van der Waals surface area (Å²) in [4.78, 5) is 3.72. The summed E-state index contributed by atoms with van der Waals surface area (Å²) in [5.41, 5.74) is 15.9. The third kappa shape index (κ3) is 3.35. The minimum Gasteiger partial charge on any atom is -0.309 e. The molecule has 0 amide bonds. The van der Waals surface area contributed by atoms with Crippen molar-refractivity contribution < 1.29 is 0 Å². The zero-order valence-electron chi connectivity index (χ0n) is 25.8. The highest BCUT2D eigenvalue weighted by molar-refractivity contribution is 6.13. The standard InChI is InChI=1S/C45H25N3/c1-47-33-12-7-11-30(24-33)32-20-22-35-34-21-19-31(29-10-6-9-28(23-29)27-46)25-40(34)45(41(35)26-32)38-15-3-5-18-43(38)48-42-17-4-2-13-36(42)37-14-8-16-39(45)44(37)48/h2-26H. The van der Waals surface area contributed by atoms with Crippen LogP contribution in [0.1, 0.15) is 27.8 Å². The normalized spacial score (nSPS) is 15.1. The number of nitrogens with zero attached hydrogens (tertiary/aromatic N) is 3. The second-order valence-corrected chi connectivity index (χ2v) is 12.7. The first-order valence-corrected chi connectivity index (χ1v) is 16.1. The van der Waals surface area contributed by atoms with Crippen LogP contribution in [-0.2, 0) is 5.41 Å². The molecule has 0 bridgehead atoms. The van der Waals surface area contributed by atoms with Crippen LogP contribution in [0, 0.1) is 17.9 Å². The molecule has 0 saturated carbocycles. The third-order valence-electron chi connectivity index (χ3n) is 10.4. The van der Waals surface area contributed by atoms with Crippen molar-refractivity contribution in [3.63, 3.8) is 0 Å². The van der Waals surface area contributed by atoms with E-state index >= 15 is 0 Å². The summed E-state index contributed by atoms with van der Waals surface area (Å²) >= 11 is 0. The summed E-state index contributed by atoms with van der Waals surface area (Å²) in [6.45, 7) is 7.65. The second-order valence-electron chi connectivity index (χ2n) is 12.7. The van der Waals surface area contributed by atoms with E-state index in [-0.39, 0.29) is 0 Å². The van der Waals surface area contributed by atoms with Gasteiger partial charge in [-0.3, -0.25) is 0 Å². The fourth-order valence-corrected chi connectivity index (χ4v) is 8.49. The number of para-hydroxylation sites is 3. The molecule has 48 heavy (non-hydrogen) atoms. The van der Waals surface area contributed by atoms with E-state index in [1.54, 1.807) is 0 Å². The molecule has 0 N–H and O–H groups in total. The van der Waals surface area contributed by atoms with Gasteiger partial charge in [0.05, 0.1) is 40.3 Å². The molecule has 1 atom stereocenters. The number of benzene rings is 7. The SMILES string of the molecule is [C-]#[N+]c1cccc(-c2ccc3c(c2)C2(c4cc(-c5cccc(C#N)c5)ccc4-3)c3ccccc3-n3c4ccccc4c4cccc2c43)c1. The molecule has 0 saturated heterocycles. The predicted octanol–water partition coefficient (Wildman–Crippen LogP) is 11.2. The van der Waals surface area contributed by atoms with Gasteiger partial charge in [0.25, 0.3) is 0 Å². The molecule has 1 spiro atoms. The third-order valence-corrected chi connectivity index (χ3v) is 10.4. The lowest BCUT2D eigenvalue weighted by Crippen LogP contribution is -2.33. The van der Waals surface area contributed by atoms with Gasteiger partial charge < -0.3 is 4.57 Å². The number of aromatic nitrogens is 1. The minimum absolute atomic E-state index is 0.610. The molecular formula is C45H25N3. The Balaban J connectivity index is 1.37. The molecule has 2 heterocycles. The van der Waals surface area contributed by atoms with Crippen LogP contribution in [-0.4, -0.2) is 4.57 Å². The van der Waals surface area contributed by atoms with E-state index in [2.05, 4.69) is 131 Å². The molecule has 1 aliphatic heterocycles. The lowest BCUT2D eigenvalue weighted by Gasteiger charge is -2.40. The van der Waals surface area contributed by atoms with Crippen molar-refractivity contribution >= 4 is 27.5 Å². The smallest absolute Gasteiger partial charge is 0.187 e. The van der Waals surface area contributed by atoms with Crippen molar-refractivity contribution in [1.82, 2.24) is 4.57 Å². The Bertz CT molecular complexity index is 2660. The highest BCUT2D eigenvalue weighted by Crippen LogP contribution is 2.61. The van der Waals surface area contributed by atoms with E-state index < -0.39 is 5.41 Å². The lowest BCUT2D eigenvalue weighted by atomic mass is 9.65. The molecule has 1 aromatic heterocycles. The second kappa shape index (κ2) is 9.66. The van der Waals surface area contributed by atoms with Crippen LogP contribution >= 0.6 is 0 Å². The average Bonchev–Trinajstić information content (AvgIpc) is 3.65. The van der Waals surface area contributed by atoms with E-state index in [9.17, 15) is 5.26 Å². The Morgan fingerprint density at radius 3 is 1.94 bits per heavy atom. The predicted molar refractivity (Wildman–Crippen MR) is 193 cm³/mol. The summed E-state index contributed by atoms with van der Waals surface area (Å²) < 4.78 is 2.46. The van der Waals surface area contributed by atoms with E-state index in [0.717, 1.165) is 22.3 Å². The van der Waals surface area contributed by atoms with Gasteiger partial charge in [-0.25, -0.2) is 4.85 Å². The van der Waals surface area contributed by atoms with Gasteiger partial charge in [-0.2, -0.15) is 5.26 Å². The van der Waals surface area contributed by atoms with Crippen LogP contribution in [0.25, 0.3) is 65.7 Å². The first kappa shape index (κ1) is 26.5. The van der Waals surface area contributed by atoms with E-state index in [0.29, 0.717) is 11.3 Å². The summed E-state index contributed by atoms with van der Waals surface area (Å²) in [6, 6.07) is 56.2. The highest BCUT2D eigenvalue weighted by Gasteiger charge is 2.51. The Hall–Kier alpha value is -6.68. The summed E-state index contributed by atoms with van der Waals surface area (Å²) in [7, 11) is 0. The van der Waals surface area contributed by atoms with Gasteiger partial charge in [0.15, 0.2) is 5.69 Å². The molecule has 0 radical (unpaired) electrons. The monoisotopic (exact) mass is 607 g/mol. The quantitative estimate of drug-likeness (QED) is 0.180. The number of rotatable bonds is 2. The fraction of sp³-hybridized carbons (Fsp3) is 0.0222. The molecule has 7 aromatic carbocycles. The molecular weight excluding hydrogens is 583 g/mol. The maximum absolute atomic E-state index is 9.71. The van der Waals surface area contributed by atoms with Crippen molar-refractivity contribution in [2.24, 2.45) is 0 Å². The average molecular weight is 608 g/mol. The Kier molecular flexibility index (Phi) is 5.34. The van der Waals surface area contributed by atoms with E-state index in [1.165, 1.54) is 60.9 Å². The first-order valence-electron chi connectivity index (χ1n) is 16.1. The fourth-order valence-electron chi connectivity index (χ4n) is 8.49.